The van der Waals surface area contributed by atoms with Crippen LogP contribution in [0.25, 0.3) is 5.69 Å². The average molecular weight is 427 g/mol. The summed E-state index contributed by atoms with van der Waals surface area (Å²) in [5, 5.41) is 15.2. The molecule has 0 aliphatic heterocycles. The fraction of sp³-hybridized carbons (Fsp3) is 0.200. The summed E-state index contributed by atoms with van der Waals surface area (Å²) in [5.74, 6) is -0.394. The first kappa shape index (κ1) is 19.3. The monoisotopic (exact) mass is 426 g/mol. The predicted molar refractivity (Wildman–Crippen MR) is 104 cm³/mol. The molecule has 0 bridgehead atoms. The normalized spacial score (nSPS) is 11.4. The molecule has 9 nitrogen and oxygen atoms in total. The summed E-state index contributed by atoms with van der Waals surface area (Å²) in [7, 11) is -3.45. The Hall–Kier alpha value is -2.50. The molecule has 142 valence electrons. The number of halogens is 1. The minimum absolute atomic E-state index is 0.0737. The largest absolute Gasteiger partial charge is 0.296 e. The second-order valence-electron chi connectivity index (χ2n) is 5.68. The molecule has 3 rings (SSSR count). The average Bonchev–Trinajstić information content (AvgIpc) is 3.12. The van der Waals surface area contributed by atoms with Crippen molar-refractivity contribution in [3.05, 3.63) is 46.2 Å². The van der Waals surface area contributed by atoms with Crippen molar-refractivity contribution in [3.8, 4) is 5.69 Å². The smallest absolute Gasteiger partial charge is 0.257 e. The van der Waals surface area contributed by atoms with Gasteiger partial charge < -0.3 is 0 Å². The van der Waals surface area contributed by atoms with Crippen LogP contribution < -0.4 is 10.0 Å². The number of sulfonamides is 1. The zero-order chi connectivity index (χ0) is 19.8. The Morgan fingerprint density at radius 1 is 1.15 bits per heavy atom. The summed E-state index contributed by atoms with van der Waals surface area (Å²) in [6.45, 7) is 3.68. The van der Waals surface area contributed by atoms with E-state index >= 15 is 0 Å². The van der Waals surface area contributed by atoms with Gasteiger partial charge >= 0.3 is 0 Å². The van der Waals surface area contributed by atoms with Gasteiger partial charge in [0.25, 0.3) is 5.91 Å². The van der Waals surface area contributed by atoms with Gasteiger partial charge in [-0.05, 0) is 38.1 Å². The standard InChI is InChI=1S/C15H15ClN6O3S2/c1-8-12(16)9(2)22(20-8)11-6-4-10(5-7-11)13(23)17-14-18-19-15(26-14)21-27(3,24)25/h4-7H,1-3H3,(H,19,21)(H,17,18,23). The van der Waals surface area contributed by atoms with Gasteiger partial charge in [0.05, 0.1) is 28.4 Å². The number of carbonyl (C=O) groups is 1. The Morgan fingerprint density at radius 2 is 1.78 bits per heavy atom. The molecule has 3 aromatic rings. The Labute approximate surface area is 164 Å². The molecule has 0 fully saturated rings. The topological polar surface area (TPSA) is 119 Å². The van der Waals surface area contributed by atoms with Crippen molar-refractivity contribution in [1.82, 2.24) is 20.0 Å². The van der Waals surface area contributed by atoms with Crippen LogP contribution in [0.1, 0.15) is 21.7 Å². The van der Waals surface area contributed by atoms with Crippen molar-refractivity contribution in [2.75, 3.05) is 16.3 Å². The number of aromatic nitrogens is 4. The van der Waals surface area contributed by atoms with E-state index in [-0.39, 0.29) is 10.3 Å². The molecule has 2 aromatic heterocycles. The molecule has 0 saturated carbocycles. The van der Waals surface area contributed by atoms with Gasteiger partial charge in [-0.25, -0.2) is 13.1 Å². The van der Waals surface area contributed by atoms with Crippen LogP contribution in [0.3, 0.4) is 0 Å². The first-order valence-corrected chi connectivity index (χ1v) is 10.7. The number of anilines is 2. The summed E-state index contributed by atoms with van der Waals surface area (Å²) in [5.41, 5.74) is 2.71. The van der Waals surface area contributed by atoms with E-state index in [0.717, 1.165) is 34.7 Å². The fourth-order valence-corrected chi connectivity index (χ4v) is 3.86. The number of amides is 1. The van der Waals surface area contributed by atoms with Crippen LogP contribution in [-0.4, -0.2) is 40.6 Å². The quantitative estimate of drug-likeness (QED) is 0.647. The first-order chi connectivity index (χ1) is 12.6. The van der Waals surface area contributed by atoms with E-state index in [1.165, 1.54) is 0 Å². The third kappa shape index (κ3) is 4.43. The van der Waals surface area contributed by atoms with Gasteiger partial charge in [-0.2, -0.15) is 5.10 Å². The van der Waals surface area contributed by atoms with Gasteiger partial charge in [0.2, 0.25) is 20.3 Å². The van der Waals surface area contributed by atoms with E-state index in [2.05, 4.69) is 25.3 Å². The minimum atomic E-state index is -3.45. The maximum Gasteiger partial charge on any atom is 0.257 e. The van der Waals surface area contributed by atoms with E-state index < -0.39 is 15.9 Å². The predicted octanol–water partition coefficient (Wildman–Crippen LogP) is 2.62. The molecule has 1 amide bonds. The Kier molecular flexibility index (Phi) is 5.18. The Bertz CT molecular complexity index is 1110. The molecule has 0 radical (unpaired) electrons. The lowest BCUT2D eigenvalue weighted by molar-refractivity contribution is 0.102. The second-order valence-corrected chi connectivity index (χ2v) is 8.79. The summed E-state index contributed by atoms with van der Waals surface area (Å²) in [6.07, 6.45) is 1.00. The molecule has 0 aliphatic carbocycles. The van der Waals surface area contributed by atoms with Gasteiger partial charge in [-0.3, -0.25) is 14.8 Å². The Morgan fingerprint density at radius 3 is 2.33 bits per heavy atom. The summed E-state index contributed by atoms with van der Waals surface area (Å²) in [4.78, 5) is 12.3. The molecule has 12 heteroatoms. The lowest BCUT2D eigenvalue weighted by atomic mass is 10.2. The zero-order valence-electron chi connectivity index (χ0n) is 14.5. The molecular formula is C15H15ClN6O3S2. The molecule has 2 heterocycles. The number of hydrogen-bond donors (Lipinski definition) is 2. The van der Waals surface area contributed by atoms with E-state index in [0.29, 0.717) is 10.6 Å². The molecule has 0 aliphatic rings. The van der Waals surface area contributed by atoms with Crippen molar-refractivity contribution >= 4 is 49.1 Å². The lowest BCUT2D eigenvalue weighted by Gasteiger charge is -2.06. The molecular weight excluding hydrogens is 412 g/mol. The minimum Gasteiger partial charge on any atom is -0.296 e. The zero-order valence-corrected chi connectivity index (χ0v) is 16.9. The highest BCUT2D eigenvalue weighted by atomic mass is 35.5. The Balaban J connectivity index is 1.73. The third-order valence-corrected chi connectivity index (χ3v) is 5.49. The number of aryl methyl sites for hydroxylation is 1. The summed E-state index contributed by atoms with van der Waals surface area (Å²) >= 11 is 7.08. The van der Waals surface area contributed by atoms with Crippen molar-refractivity contribution in [1.29, 1.82) is 0 Å². The highest BCUT2D eigenvalue weighted by Gasteiger charge is 2.14. The number of carbonyl (C=O) groups excluding carboxylic acids is 1. The van der Waals surface area contributed by atoms with Crippen molar-refractivity contribution < 1.29 is 13.2 Å². The van der Waals surface area contributed by atoms with Crippen LogP contribution in [0.4, 0.5) is 10.3 Å². The van der Waals surface area contributed by atoms with Crippen LogP contribution in [0.2, 0.25) is 5.02 Å². The van der Waals surface area contributed by atoms with Gasteiger partial charge in [-0.1, -0.05) is 22.9 Å². The molecule has 1 aromatic carbocycles. The number of nitrogens with one attached hydrogen (secondary N) is 2. The lowest BCUT2D eigenvalue weighted by Crippen LogP contribution is -2.12. The SMILES string of the molecule is Cc1nn(-c2ccc(C(=O)Nc3nnc(NS(C)(=O)=O)s3)cc2)c(C)c1Cl. The number of rotatable bonds is 5. The number of benzene rings is 1. The molecule has 27 heavy (non-hydrogen) atoms. The van der Waals surface area contributed by atoms with Crippen molar-refractivity contribution in [2.45, 2.75) is 13.8 Å². The first-order valence-electron chi connectivity index (χ1n) is 7.59. The van der Waals surface area contributed by atoms with Crippen LogP contribution >= 0.6 is 22.9 Å². The van der Waals surface area contributed by atoms with Crippen LogP contribution in [0.15, 0.2) is 24.3 Å². The molecule has 0 unspecified atom stereocenters. The van der Waals surface area contributed by atoms with E-state index in [1.54, 1.807) is 28.9 Å². The molecule has 2 N–H and O–H groups in total. The maximum absolute atomic E-state index is 12.3. The van der Waals surface area contributed by atoms with E-state index in [4.69, 9.17) is 11.6 Å². The molecule has 0 spiro atoms. The highest BCUT2D eigenvalue weighted by molar-refractivity contribution is 7.92. The highest BCUT2D eigenvalue weighted by Crippen LogP contribution is 2.23. The number of hydrogen-bond acceptors (Lipinski definition) is 7. The molecule has 0 saturated heterocycles. The summed E-state index contributed by atoms with van der Waals surface area (Å²) in [6, 6.07) is 6.79. The fourth-order valence-electron chi connectivity index (χ4n) is 2.27. The van der Waals surface area contributed by atoms with Crippen LogP contribution in [0.5, 0.6) is 0 Å². The van der Waals surface area contributed by atoms with Gasteiger partial charge in [-0.15, -0.1) is 10.2 Å². The number of nitrogens with zero attached hydrogens (tertiary/aromatic N) is 4. The van der Waals surface area contributed by atoms with Crippen molar-refractivity contribution in [3.63, 3.8) is 0 Å². The van der Waals surface area contributed by atoms with Gasteiger partial charge in [0, 0.05) is 5.56 Å². The molecule has 0 atom stereocenters. The van der Waals surface area contributed by atoms with Crippen LogP contribution in [-0.2, 0) is 10.0 Å². The summed E-state index contributed by atoms with van der Waals surface area (Å²) < 4.78 is 26.2. The van der Waals surface area contributed by atoms with E-state index in [1.807, 2.05) is 13.8 Å². The van der Waals surface area contributed by atoms with Gasteiger partial charge in [0.1, 0.15) is 0 Å². The maximum atomic E-state index is 12.3. The van der Waals surface area contributed by atoms with E-state index in [9.17, 15) is 13.2 Å². The van der Waals surface area contributed by atoms with Crippen molar-refractivity contribution in [2.24, 2.45) is 0 Å². The third-order valence-electron chi connectivity index (χ3n) is 3.50. The van der Waals surface area contributed by atoms with Crippen LogP contribution in [0, 0.1) is 13.8 Å². The van der Waals surface area contributed by atoms with Gasteiger partial charge in [0.15, 0.2) is 0 Å². The second kappa shape index (κ2) is 7.25.